The Morgan fingerprint density at radius 3 is 2.31 bits per heavy atom. The van der Waals surface area contributed by atoms with Gasteiger partial charge in [0.25, 0.3) is 0 Å². The Balaban J connectivity index is 1.39. The summed E-state index contributed by atoms with van der Waals surface area (Å²) in [5.74, 6) is 0.260. The molecule has 2 aromatic heterocycles. The number of aryl methyl sites for hydroxylation is 1. The molecular weight excluding hydrogens is 538 g/mol. The van der Waals surface area contributed by atoms with Gasteiger partial charge < -0.3 is 23.6 Å². The molecule has 0 spiro atoms. The second kappa shape index (κ2) is 9.88. The van der Waals surface area contributed by atoms with Crippen LogP contribution in [0.2, 0.25) is 0 Å². The second-order valence-electron chi connectivity index (χ2n) is 10.2. The van der Waals surface area contributed by atoms with Crippen LogP contribution in [0.4, 0.5) is 5.69 Å². The first-order valence-electron chi connectivity index (χ1n) is 13.4. The highest BCUT2D eigenvalue weighted by atomic mass is 16.6. The van der Waals surface area contributed by atoms with E-state index in [2.05, 4.69) is 25.9 Å². The van der Waals surface area contributed by atoms with Gasteiger partial charge in [0.2, 0.25) is 5.82 Å². The number of methoxy groups -OCH3 is 1. The first kappa shape index (κ1) is 25.5. The van der Waals surface area contributed by atoms with Gasteiger partial charge in [-0.1, -0.05) is 54.6 Å². The number of aromatic amines is 1. The van der Waals surface area contributed by atoms with E-state index in [1.165, 1.54) is 7.11 Å². The number of tetrazole rings is 1. The van der Waals surface area contributed by atoms with Crippen molar-refractivity contribution in [1.82, 2.24) is 20.6 Å². The fraction of sp³-hybridized carbons (Fsp3) is 0.194. The summed E-state index contributed by atoms with van der Waals surface area (Å²) in [6.45, 7) is 1.64. The third-order valence-corrected chi connectivity index (χ3v) is 7.68. The van der Waals surface area contributed by atoms with E-state index < -0.39 is 17.3 Å². The molecule has 11 nitrogen and oxygen atoms in total. The van der Waals surface area contributed by atoms with Crippen LogP contribution < -0.4 is 15.9 Å². The highest BCUT2D eigenvalue weighted by molar-refractivity contribution is 6.00. The van der Waals surface area contributed by atoms with Crippen LogP contribution >= 0.6 is 0 Å². The topological polar surface area (TPSA) is 145 Å². The van der Waals surface area contributed by atoms with Gasteiger partial charge in [0, 0.05) is 22.7 Å². The second-order valence-corrected chi connectivity index (χ2v) is 10.2. The van der Waals surface area contributed by atoms with Crippen LogP contribution in [0, 0.1) is 12.8 Å². The lowest BCUT2D eigenvalue weighted by atomic mass is 9.80. The third-order valence-electron chi connectivity index (χ3n) is 7.68. The zero-order valence-corrected chi connectivity index (χ0v) is 22.7. The molecule has 1 fully saturated rings. The van der Waals surface area contributed by atoms with Crippen molar-refractivity contribution in [3.05, 3.63) is 106 Å². The van der Waals surface area contributed by atoms with E-state index in [9.17, 15) is 9.59 Å². The van der Waals surface area contributed by atoms with Crippen LogP contribution in [-0.2, 0) is 9.53 Å². The van der Waals surface area contributed by atoms with E-state index in [-0.39, 0.29) is 23.2 Å². The van der Waals surface area contributed by atoms with Crippen LogP contribution in [0.15, 0.2) is 92.2 Å². The molecule has 0 saturated heterocycles. The first-order chi connectivity index (χ1) is 20.5. The minimum absolute atomic E-state index is 0.108. The first-order valence-corrected chi connectivity index (χ1v) is 13.4. The summed E-state index contributed by atoms with van der Waals surface area (Å²) in [6.07, 6.45) is 1.56. The van der Waals surface area contributed by atoms with Crippen LogP contribution in [0.5, 0.6) is 5.75 Å². The van der Waals surface area contributed by atoms with E-state index in [0.717, 1.165) is 29.5 Å². The highest BCUT2D eigenvalue weighted by Crippen LogP contribution is 2.53. The van der Waals surface area contributed by atoms with Crippen LogP contribution in [0.3, 0.4) is 0 Å². The molecule has 1 saturated carbocycles. The number of nitrogens with zero attached hydrogens (tertiary/aromatic N) is 3. The number of rotatable bonds is 7. The lowest BCUT2D eigenvalue weighted by molar-refractivity contribution is -0.146. The van der Waals surface area contributed by atoms with E-state index in [4.69, 9.17) is 18.3 Å². The predicted molar refractivity (Wildman–Crippen MR) is 151 cm³/mol. The molecule has 5 aromatic rings. The van der Waals surface area contributed by atoms with Crippen molar-refractivity contribution in [3.63, 3.8) is 0 Å². The van der Waals surface area contributed by atoms with E-state index in [1.54, 1.807) is 6.92 Å². The van der Waals surface area contributed by atoms with Gasteiger partial charge in [-0.05, 0) is 54.3 Å². The monoisotopic (exact) mass is 563 g/mol. The van der Waals surface area contributed by atoms with Gasteiger partial charge >= 0.3 is 11.8 Å². The molecule has 0 amide bonds. The van der Waals surface area contributed by atoms with E-state index >= 15 is 0 Å². The van der Waals surface area contributed by atoms with Crippen molar-refractivity contribution >= 4 is 17.2 Å². The van der Waals surface area contributed by atoms with Gasteiger partial charge in [-0.3, -0.25) is 0 Å². The van der Waals surface area contributed by atoms with Gasteiger partial charge in [-0.2, -0.15) is 5.21 Å². The Morgan fingerprint density at radius 2 is 1.67 bits per heavy atom. The van der Waals surface area contributed by atoms with Gasteiger partial charge in [-0.15, -0.1) is 10.2 Å². The molecule has 0 radical (unpaired) electrons. The maximum absolute atomic E-state index is 13.7. The zero-order chi connectivity index (χ0) is 28.8. The number of hydrogen-bond donors (Lipinski definition) is 2. The molecule has 3 aromatic carbocycles. The molecule has 42 heavy (non-hydrogen) atoms. The third kappa shape index (κ3) is 4.09. The zero-order valence-electron chi connectivity index (χ0n) is 22.7. The molecule has 2 aliphatic rings. The molecule has 1 aliphatic carbocycles. The fourth-order valence-electron chi connectivity index (χ4n) is 5.63. The molecule has 7 rings (SSSR count). The van der Waals surface area contributed by atoms with Crippen LogP contribution in [-0.4, -0.2) is 39.2 Å². The summed E-state index contributed by atoms with van der Waals surface area (Å²) in [6, 6.07) is 22.7. The minimum atomic E-state index is -1.36. The van der Waals surface area contributed by atoms with Gasteiger partial charge in [0.05, 0.1) is 12.7 Å². The predicted octanol–water partition coefficient (Wildman–Crippen LogP) is 4.97. The number of esters is 1. The summed E-state index contributed by atoms with van der Waals surface area (Å²) in [7, 11) is 1.35. The lowest BCUT2D eigenvalue weighted by Gasteiger charge is -2.40. The summed E-state index contributed by atoms with van der Waals surface area (Å²) < 4.78 is 22.8. The number of benzene rings is 3. The SMILES string of the molecule is COC(=O)C1(C2CC2)Nc2ccccc2C(c2oc(=O)oc2C)=C1Oc1ccc(-c2ccccc2-c2nn[nH]n2)cc1. The van der Waals surface area contributed by atoms with Crippen LogP contribution in [0.1, 0.15) is 29.9 Å². The lowest BCUT2D eigenvalue weighted by Crippen LogP contribution is -2.54. The number of ether oxygens (including phenoxy) is 2. The van der Waals surface area contributed by atoms with E-state index in [1.807, 2.05) is 72.8 Å². The number of H-pyrrole nitrogens is 1. The number of aromatic nitrogens is 4. The summed E-state index contributed by atoms with van der Waals surface area (Å²) in [5, 5.41) is 17.9. The van der Waals surface area contributed by atoms with Crippen molar-refractivity contribution in [3.8, 4) is 28.3 Å². The fourth-order valence-corrected chi connectivity index (χ4v) is 5.63. The molecular formula is C31H25N5O6. The van der Waals surface area contributed by atoms with Crippen molar-refractivity contribution < 1.29 is 23.1 Å². The van der Waals surface area contributed by atoms with Crippen LogP contribution in [0.25, 0.3) is 28.1 Å². The molecule has 2 N–H and O–H groups in total. The quantitative estimate of drug-likeness (QED) is 0.260. The number of anilines is 1. The number of carbonyl (C=O) groups excluding carboxylic acids is 1. The normalized spacial score (nSPS) is 17.9. The Hall–Kier alpha value is -5.45. The molecule has 1 atom stereocenters. The summed E-state index contributed by atoms with van der Waals surface area (Å²) >= 11 is 0. The number of para-hydroxylation sites is 1. The number of fused-ring (bicyclic) bond motifs is 1. The average Bonchev–Trinajstić information content (AvgIpc) is 3.62. The van der Waals surface area contributed by atoms with Gasteiger partial charge in [0.15, 0.2) is 22.8 Å². The molecule has 1 unspecified atom stereocenters. The van der Waals surface area contributed by atoms with Gasteiger partial charge in [0.1, 0.15) is 5.75 Å². The Morgan fingerprint density at radius 1 is 0.952 bits per heavy atom. The Bertz CT molecular complexity index is 1890. The maximum atomic E-state index is 13.7. The number of carbonyl (C=O) groups is 1. The van der Waals surface area contributed by atoms with Crippen molar-refractivity contribution in [2.24, 2.45) is 5.92 Å². The van der Waals surface area contributed by atoms with Gasteiger partial charge in [-0.25, -0.2) is 9.59 Å². The number of hydrogen-bond acceptors (Lipinski definition) is 10. The molecule has 210 valence electrons. The molecule has 3 heterocycles. The maximum Gasteiger partial charge on any atom is 0.519 e. The van der Waals surface area contributed by atoms with Crippen molar-refractivity contribution in [1.29, 1.82) is 0 Å². The standard InChI is InChI=1S/C31H25N5O6/c1-17-26(42-30(38)40-17)25-23-9-5-6-10-24(23)32-31(19-13-14-19,29(37)39-2)27(25)41-20-15-11-18(12-16-20)21-7-3-4-8-22(21)28-33-35-36-34-28/h3-12,15-16,19,32H,13-14H2,1-2H3,(H,33,34,35,36). The summed E-state index contributed by atoms with van der Waals surface area (Å²) in [4.78, 5) is 25.9. The Kier molecular flexibility index (Phi) is 6.00. The van der Waals surface area contributed by atoms with Crippen molar-refractivity contribution in [2.45, 2.75) is 25.3 Å². The van der Waals surface area contributed by atoms with E-state index in [0.29, 0.717) is 28.4 Å². The Labute approximate surface area is 239 Å². The minimum Gasteiger partial charge on any atom is -0.467 e. The molecule has 0 bridgehead atoms. The smallest absolute Gasteiger partial charge is 0.467 e. The highest BCUT2D eigenvalue weighted by Gasteiger charge is 2.59. The average molecular weight is 564 g/mol. The molecule has 1 aliphatic heterocycles. The largest absolute Gasteiger partial charge is 0.519 e. The molecule has 11 heteroatoms. The summed E-state index contributed by atoms with van der Waals surface area (Å²) in [5.41, 5.74) is 3.13. The number of nitrogens with one attached hydrogen (secondary N) is 2. The van der Waals surface area contributed by atoms with Crippen molar-refractivity contribution in [2.75, 3.05) is 12.4 Å².